The Hall–Kier alpha value is -1.88. The molecule has 0 unspecified atom stereocenters. The van der Waals surface area contributed by atoms with Gasteiger partial charge in [0, 0.05) is 36.3 Å². The SMILES string of the molecule is C[C@H]1CN(C(=O)OC(C)(C)C)C[C@H](C)N1c1nc2c(C(=O)O)cc(Cl)cc2o1.[H-].[Li+]. The summed E-state index contributed by atoms with van der Waals surface area (Å²) < 4.78 is 11.3. The fraction of sp³-hybridized carbons (Fsp3) is 0.526. The minimum absolute atomic E-state index is 0. The number of nitrogens with zero attached hydrogens (tertiary/aromatic N) is 3. The summed E-state index contributed by atoms with van der Waals surface area (Å²) >= 11 is 6.00. The smallest absolute Gasteiger partial charge is 1.00 e. The van der Waals surface area contributed by atoms with E-state index in [0.717, 1.165) is 0 Å². The molecule has 0 saturated carbocycles. The third-order valence-corrected chi connectivity index (χ3v) is 4.69. The number of fused-ring (bicyclic) bond motifs is 1. The zero-order valence-corrected chi connectivity index (χ0v) is 18.3. The molecule has 1 aromatic heterocycles. The first kappa shape index (κ1) is 23.4. The summed E-state index contributed by atoms with van der Waals surface area (Å²) in [6.45, 7) is 10.3. The maximum atomic E-state index is 12.4. The molecule has 3 rings (SSSR count). The number of piperazine rings is 1. The predicted molar refractivity (Wildman–Crippen MR) is 106 cm³/mol. The Morgan fingerprint density at radius 1 is 1.28 bits per heavy atom. The van der Waals surface area contributed by atoms with E-state index in [1.165, 1.54) is 6.07 Å². The second-order valence-electron chi connectivity index (χ2n) is 8.09. The molecule has 154 valence electrons. The van der Waals surface area contributed by atoms with Crippen LogP contribution in [0.4, 0.5) is 10.8 Å². The van der Waals surface area contributed by atoms with E-state index in [4.69, 9.17) is 20.8 Å². The van der Waals surface area contributed by atoms with Gasteiger partial charge in [-0.25, -0.2) is 9.59 Å². The molecule has 10 heteroatoms. The van der Waals surface area contributed by atoms with E-state index in [9.17, 15) is 14.7 Å². The topological polar surface area (TPSA) is 96.1 Å². The fourth-order valence-corrected chi connectivity index (χ4v) is 3.64. The summed E-state index contributed by atoms with van der Waals surface area (Å²) in [5.41, 5.74) is -0.00652. The van der Waals surface area contributed by atoms with Gasteiger partial charge in [-0.3, -0.25) is 0 Å². The Balaban J connectivity index is 0.00000225. The van der Waals surface area contributed by atoms with Crippen molar-refractivity contribution in [3.8, 4) is 0 Å². The van der Waals surface area contributed by atoms with Gasteiger partial charge in [-0.2, -0.15) is 4.98 Å². The molecule has 1 amide bonds. The zero-order chi connectivity index (χ0) is 20.8. The van der Waals surface area contributed by atoms with Gasteiger partial charge in [-0.1, -0.05) is 11.6 Å². The number of amides is 1. The van der Waals surface area contributed by atoms with Gasteiger partial charge >= 0.3 is 30.9 Å². The number of anilines is 1. The summed E-state index contributed by atoms with van der Waals surface area (Å²) in [6.07, 6.45) is -0.358. The first-order chi connectivity index (χ1) is 13.0. The molecule has 0 radical (unpaired) electrons. The molecule has 0 spiro atoms. The molecule has 2 atom stereocenters. The van der Waals surface area contributed by atoms with Gasteiger partial charge in [0.05, 0.1) is 5.56 Å². The number of halogens is 1. The molecule has 0 bridgehead atoms. The van der Waals surface area contributed by atoms with Gasteiger partial charge in [0.1, 0.15) is 11.1 Å². The van der Waals surface area contributed by atoms with Crippen LogP contribution in [0.3, 0.4) is 0 Å². The molecular weight excluding hydrogens is 393 g/mol. The molecule has 2 aromatic rings. The number of carboxylic acid groups (broad SMARTS) is 1. The maximum absolute atomic E-state index is 12.4. The molecule has 29 heavy (non-hydrogen) atoms. The van der Waals surface area contributed by atoms with Crippen molar-refractivity contribution in [1.82, 2.24) is 9.88 Å². The molecule has 1 saturated heterocycles. The molecular formula is C19H25ClLiN3O5. The molecule has 1 aromatic carbocycles. The first-order valence-corrected chi connectivity index (χ1v) is 9.43. The minimum atomic E-state index is -1.12. The van der Waals surface area contributed by atoms with Crippen LogP contribution in [0, 0.1) is 0 Å². The zero-order valence-electron chi connectivity index (χ0n) is 18.5. The van der Waals surface area contributed by atoms with Crippen molar-refractivity contribution in [2.75, 3.05) is 18.0 Å². The van der Waals surface area contributed by atoms with Crippen LogP contribution < -0.4 is 23.8 Å². The van der Waals surface area contributed by atoms with Crippen LogP contribution in [0.15, 0.2) is 16.5 Å². The summed E-state index contributed by atoms with van der Waals surface area (Å²) in [6, 6.07) is 3.00. The number of oxazole rings is 1. The Kier molecular flexibility index (Phi) is 6.83. The summed E-state index contributed by atoms with van der Waals surface area (Å²) in [5, 5.41) is 9.67. The molecule has 0 aliphatic carbocycles. The predicted octanol–water partition coefficient (Wildman–Crippen LogP) is 1.13. The van der Waals surface area contributed by atoms with Crippen LogP contribution in [0.1, 0.15) is 46.4 Å². The van der Waals surface area contributed by atoms with Crippen molar-refractivity contribution in [1.29, 1.82) is 0 Å². The average molecular weight is 418 g/mol. The van der Waals surface area contributed by atoms with Crippen molar-refractivity contribution in [2.45, 2.75) is 52.3 Å². The van der Waals surface area contributed by atoms with Gasteiger partial charge in [0.2, 0.25) is 0 Å². The number of hydrogen-bond donors (Lipinski definition) is 1. The van der Waals surface area contributed by atoms with E-state index in [2.05, 4.69) is 4.98 Å². The second-order valence-corrected chi connectivity index (χ2v) is 8.53. The number of rotatable bonds is 2. The van der Waals surface area contributed by atoms with E-state index >= 15 is 0 Å². The molecule has 1 aliphatic heterocycles. The Morgan fingerprint density at radius 2 is 1.86 bits per heavy atom. The van der Waals surface area contributed by atoms with Gasteiger partial charge in [-0.15, -0.1) is 0 Å². The maximum Gasteiger partial charge on any atom is 1.00 e. The Bertz CT molecular complexity index is 921. The van der Waals surface area contributed by atoms with Crippen LogP contribution >= 0.6 is 11.6 Å². The molecule has 1 aliphatic rings. The minimum Gasteiger partial charge on any atom is -1.00 e. The number of carboxylic acids is 1. The Morgan fingerprint density at radius 3 is 2.38 bits per heavy atom. The first-order valence-electron chi connectivity index (χ1n) is 9.06. The number of carbonyl (C=O) groups is 2. The van der Waals surface area contributed by atoms with Crippen LogP contribution in [-0.4, -0.2) is 57.8 Å². The number of benzene rings is 1. The number of carbonyl (C=O) groups excluding carboxylic acids is 1. The van der Waals surface area contributed by atoms with Crippen LogP contribution in [-0.2, 0) is 4.74 Å². The summed E-state index contributed by atoms with van der Waals surface area (Å²) in [5.74, 6) is -1.12. The molecule has 1 N–H and O–H groups in total. The average Bonchev–Trinajstić information content (AvgIpc) is 2.94. The van der Waals surface area contributed by atoms with Crippen LogP contribution in [0.5, 0.6) is 0 Å². The van der Waals surface area contributed by atoms with Gasteiger partial charge < -0.3 is 25.5 Å². The Labute approximate surface area is 187 Å². The van der Waals surface area contributed by atoms with E-state index in [1.807, 2.05) is 39.5 Å². The van der Waals surface area contributed by atoms with Crippen molar-refractivity contribution in [2.24, 2.45) is 0 Å². The normalized spacial score (nSPS) is 19.8. The van der Waals surface area contributed by atoms with Crippen LogP contribution in [0.2, 0.25) is 5.02 Å². The van der Waals surface area contributed by atoms with Crippen molar-refractivity contribution >= 4 is 40.8 Å². The van der Waals surface area contributed by atoms with E-state index in [-0.39, 0.29) is 54.6 Å². The van der Waals surface area contributed by atoms with Gasteiger partial charge in [-0.05, 0) is 40.7 Å². The monoisotopic (exact) mass is 417 g/mol. The largest absolute Gasteiger partial charge is 1.00 e. The third-order valence-electron chi connectivity index (χ3n) is 4.47. The summed E-state index contributed by atoms with van der Waals surface area (Å²) in [4.78, 5) is 31.9. The van der Waals surface area contributed by atoms with Crippen molar-refractivity contribution in [3.63, 3.8) is 0 Å². The number of aromatic nitrogens is 1. The van der Waals surface area contributed by atoms with Crippen LogP contribution in [0.25, 0.3) is 11.1 Å². The standard InChI is InChI=1S/C19H24ClN3O5.Li.H/c1-10-8-22(18(26)28-19(3,4)5)9-11(2)23(10)17-21-15-13(16(24)25)6-12(20)7-14(15)27-17;;/h6-7,10-11H,8-9H2,1-5H3,(H,24,25);;/q;+1;-1/t10-,11-;;/m0../s1. The van der Waals surface area contributed by atoms with E-state index in [0.29, 0.717) is 24.7 Å². The molecule has 2 heterocycles. The van der Waals surface area contributed by atoms with Crippen molar-refractivity contribution in [3.05, 3.63) is 22.7 Å². The number of hydrogen-bond acceptors (Lipinski definition) is 6. The second kappa shape index (κ2) is 8.47. The number of aromatic carboxylic acids is 1. The van der Waals surface area contributed by atoms with Gasteiger partial charge in [0.25, 0.3) is 6.01 Å². The summed E-state index contributed by atoms with van der Waals surface area (Å²) in [7, 11) is 0. The van der Waals surface area contributed by atoms with Gasteiger partial charge in [0.15, 0.2) is 5.58 Å². The quantitative estimate of drug-likeness (QED) is 0.732. The van der Waals surface area contributed by atoms with Crippen molar-refractivity contribution < 1.29 is 44.1 Å². The fourth-order valence-electron chi connectivity index (χ4n) is 3.43. The van der Waals surface area contributed by atoms with E-state index < -0.39 is 11.6 Å². The number of ether oxygens (including phenoxy) is 1. The molecule has 8 nitrogen and oxygen atoms in total. The van der Waals surface area contributed by atoms with E-state index in [1.54, 1.807) is 11.0 Å². The molecule has 1 fully saturated rings. The third kappa shape index (κ3) is 5.00.